The molecule has 1 saturated heterocycles. The summed E-state index contributed by atoms with van der Waals surface area (Å²) in [6, 6.07) is 22.3. The van der Waals surface area contributed by atoms with Crippen molar-refractivity contribution < 1.29 is 19.4 Å². The van der Waals surface area contributed by atoms with Crippen LogP contribution in [0.1, 0.15) is 47.2 Å². The standard InChI is InChI=1S/C33H33N3O4/c1-3-24-8-10-26(11-9-24)30-29(32(38)33(39)36(30)18-5-17-35-19-16-34-22-35)31(37)27-12-14-28(15-13-27)40-21-25-7-4-6-23(2)20-25/h4,6-16,19-20,22,30,37H,3,5,17-18,21H2,1-2H3/b31-29+/t30-/m0/s1. The van der Waals surface area contributed by atoms with Crippen LogP contribution in [0, 0.1) is 6.92 Å². The van der Waals surface area contributed by atoms with Gasteiger partial charge in [-0.25, -0.2) is 4.98 Å². The van der Waals surface area contributed by atoms with Gasteiger partial charge in [0.05, 0.1) is 17.9 Å². The van der Waals surface area contributed by atoms with Gasteiger partial charge in [0.25, 0.3) is 11.7 Å². The lowest BCUT2D eigenvalue weighted by molar-refractivity contribution is -0.139. The molecule has 2 heterocycles. The maximum absolute atomic E-state index is 13.3. The van der Waals surface area contributed by atoms with Crippen LogP contribution in [0.2, 0.25) is 0 Å². The highest BCUT2D eigenvalue weighted by atomic mass is 16.5. The predicted molar refractivity (Wildman–Crippen MR) is 154 cm³/mol. The van der Waals surface area contributed by atoms with Gasteiger partial charge in [0.1, 0.15) is 18.1 Å². The molecular weight excluding hydrogens is 502 g/mol. The van der Waals surface area contributed by atoms with Crippen molar-refractivity contribution in [2.24, 2.45) is 0 Å². The van der Waals surface area contributed by atoms with Crippen LogP contribution in [0.25, 0.3) is 5.76 Å². The Morgan fingerprint density at radius 2 is 1.75 bits per heavy atom. The minimum atomic E-state index is -0.676. The Morgan fingerprint density at radius 1 is 0.975 bits per heavy atom. The minimum Gasteiger partial charge on any atom is -0.507 e. The number of Topliss-reactive ketones (excluding diaryl/α,β-unsaturated/α-hetero) is 1. The van der Waals surface area contributed by atoms with E-state index in [1.165, 1.54) is 5.56 Å². The number of hydrogen-bond acceptors (Lipinski definition) is 5. The number of nitrogens with zero attached hydrogens (tertiary/aromatic N) is 3. The summed E-state index contributed by atoms with van der Waals surface area (Å²) in [6.45, 7) is 5.56. The van der Waals surface area contributed by atoms with E-state index in [0.29, 0.717) is 37.4 Å². The monoisotopic (exact) mass is 535 g/mol. The van der Waals surface area contributed by atoms with Crippen LogP contribution in [-0.4, -0.2) is 37.8 Å². The van der Waals surface area contributed by atoms with Crippen molar-refractivity contribution in [2.45, 2.75) is 45.9 Å². The zero-order valence-corrected chi connectivity index (χ0v) is 22.8. The van der Waals surface area contributed by atoms with Gasteiger partial charge < -0.3 is 19.3 Å². The molecule has 0 aliphatic carbocycles. The number of ketones is 1. The average molecular weight is 536 g/mol. The molecular formula is C33H33N3O4. The summed E-state index contributed by atoms with van der Waals surface area (Å²) >= 11 is 0. The third kappa shape index (κ3) is 5.83. The van der Waals surface area contributed by atoms with E-state index in [9.17, 15) is 14.7 Å². The third-order valence-electron chi connectivity index (χ3n) is 7.23. The highest BCUT2D eigenvalue weighted by molar-refractivity contribution is 6.46. The van der Waals surface area contributed by atoms with Crippen molar-refractivity contribution in [3.63, 3.8) is 0 Å². The highest BCUT2D eigenvalue weighted by Gasteiger charge is 2.45. The minimum absolute atomic E-state index is 0.102. The summed E-state index contributed by atoms with van der Waals surface area (Å²) in [5, 5.41) is 11.4. The molecule has 3 aromatic carbocycles. The smallest absolute Gasteiger partial charge is 0.295 e. The number of hydrogen-bond donors (Lipinski definition) is 1. The largest absolute Gasteiger partial charge is 0.507 e. The van der Waals surface area contributed by atoms with Gasteiger partial charge in [-0.15, -0.1) is 0 Å². The van der Waals surface area contributed by atoms with Gasteiger partial charge in [0.15, 0.2) is 0 Å². The molecule has 1 N–H and O–H groups in total. The van der Waals surface area contributed by atoms with E-state index in [1.54, 1.807) is 41.7 Å². The normalized spacial score (nSPS) is 16.4. The summed E-state index contributed by atoms with van der Waals surface area (Å²) in [6.07, 6.45) is 6.82. The Balaban J connectivity index is 1.41. The maximum atomic E-state index is 13.3. The molecule has 5 rings (SSSR count). The molecule has 1 fully saturated rings. The molecule has 7 nitrogen and oxygen atoms in total. The van der Waals surface area contributed by atoms with Crippen LogP contribution in [0.4, 0.5) is 0 Å². The number of aliphatic hydroxyl groups excluding tert-OH is 1. The van der Waals surface area contributed by atoms with Crippen molar-refractivity contribution in [3.8, 4) is 5.75 Å². The van der Waals surface area contributed by atoms with Gasteiger partial charge >= 0.3 is 0 Å². The maximum Gasteiger partial charge on any atom is 0.295 e. The molecule has 1 aromatic heterocycles. The number of likely N-dealkylation sites (tertiary alicyclic amines) is 1. The van der Waals surface area contributed by atoms with Crippen LogP contribution < -0.4 is 4.74 Å². The summed E-state index contributed by atoms with van der Waals surface area (Å²) in [5.74, 6) is -0.825. The van der Waals surface area contributed by atoms with Crippen LogP contribution in [0.15, 0.2) is 97.1 Å². The van der Waals surface area contributed by atoms with E-state index in [2.05, 4.69) is 18.0 Å². The second-order valence-corrected chi connectivity index (χ2v) is 10.0. The number of imidazole rings is 1. The second kappa shape index (κ2) is 12.0. The Hall–Kier alpha value is -4.65. The second-order valence-electron chi connectivity index (χ2n) is 10.0. The van der Waals surface area contributed by atoms with Gasteiger partial charge in [0, 0.05) is 31.0 Å². The van der Waals surface area contributed by atoms with E-state index in [-0.39, 0.29) is 11.3 Å². The van der Waals surface area contributed by atoms with Crippen molar-refractivity contribution in [1.29, 1.82) is 0 Å². The molecule has 0 spiro atoms. The van der Waals surface area contributed by atoms with Crippen LogP contribution in [-0.2, 0) is 29.2 Å². The van der Waals surface area contributed by atoms with E-state index >= 15 is 0 Å². The molecule has 1 aliphatic heterocycles. The fourth-order valence-electron chi connectivity index (χ4n) is 5.07. The summed E-state index contributed by atoms with van der Waals surface area (Å²) < 4.78 is 7.85. The van der Waals surface area contributed by atoms with Crippen molar-refractivity contribution >= 4 is 17.4 Å². The predicted octanol–water partition coefficient (Wildman–Crippen LogP) is 5.84. The van der Waals surface area contributed by atoms with Gasteiger partial charge in [-0.05, 0) is 60.7 Å². The van der Waals surface area contributed by atoms with Crippen LogP contribution in [0.5, 0.6) is 5.75 Å². The van der Waals surface area contributed by atoms with Crippen molar-refractivity contribution in [1.82, 2.24) is 14.5 Å². The molecule has 0 bridgehead atoms. The number of aliphatic hydroxyl groups is 1. The highest BCUT2D eigenvalue weighted by Crippen LogP contribution is 2.39. The van der Waals surface area contributed by atoms with Gasteiger partial charge in [-0.3, -0.25) is 9.59 Å². The fraction of sp³-hybridized carbons (Fsp3) is 0.242. The first-order valence-corrected chi connectivity index (χ1v) is 13.6. The number of benzene rings is 3. The molecule has 7 heteroatoms. The summed E-state index contributed by atoms with van der Waals surface area (Å²) in [5.41, 5.74) is 4.73. The summed E-state index contributed by atoms with van der Waals surface area (Å²) in [4.78, 5) is 32.2. The molecule has 1 amide bonds. The zero-order chi connectivity index (χ0) is 28.1. The average Bonchev–Trinajstić information content (AvgIpc) is 3.58. The number of aryl methyl sites for hydroxylation is 3. The molecule has 1 aliphatic rings. The summed E-state index contributed by atoms with van der Waals surface area (Å²) in [7, 11) is 0. The molecule has 1 atom stereocenters. The number of ether oxygens (including phenoxy) is 1. The Bertz CT molecular complexity index is 1510. The van der Waals surface area contributed by atoms with Crippen LogP contribution >= 0.6 is 0 Å². The first-order valence-electron chi connectivity index (χ1n) is 13.6. The van der Waals surface area contributed by atoms with E-state index in [4.69, 9.17) is 4.74 Å². The molecule has 0 unspecified atom stereocenters. The molecule has 4 aromatic rings. The fourth-order valence-corrected chi connectivity index (χ4v) is 5.07. The first-order chi connectivity index (χ1) is 19.4. The topological polar surface area (TPSA) is 84.7 Å². The molecule has 40 heavy (non-hydrogen) atoms. The van der Waals surface area contributed by atoms with Gasteiger partial charge in [0.2, 0.25) is 0 Å². The number of rotatable bonds is 10. The molecule has 0 radical (unpaired) electrons. The zero-order valence-electron chi connectivity index (χ0n) is 22.8. The van der Waals surface area contributed by atoms with E-state index in [0.717, 1.165) is 23.1 Å². The number of carbonyl (C=O) groups excluding carboxylic acids is 2. The van der Waals surface area contributed by atoms with Gasteiger partial charge in [-0.1, -0.05) is 61.0 Å². The lowest BCUT2D eigenvalue weighted by atomic mass is 9.94. The lowest BCUT2D eigenvalue weighted by Gasteiger charge is -2.25. The SMILES string of the molecule is CCc1ccc([C@H]2/C(=C(\O)c3ccc(OCc4cccc(C)c4)cc3)C(=O)C(=O)N2CCCn2ccnc2)cc1. The first kappa shape index (κ1) is 26.9. The van der Waals surface area contributed by atoms with E-state index in [1.807, 2.05) is 60.2 Å². The number of carbonyl (C=O) groups is 2. The Labute approximate surface area is 234 Å². The Morgan fingerprint density at radius 3 is 2.42 bits per heavy atom. The van der Waals surface area contributed by atoms with Crippen LogP contribution in [0.3, 0.4) is 0 Å². The van der Waals surface area contributed by atoms with Gasteiger partial charge in [-0.2, -0.15) is 0 Å². The lowest BCUT2D eigenvalue weighted by Crippen LogP contribution is -2.31. The quantitative estimate of drug-likeness (QED) is 0.157. The molecule has 0 saturated carbocycles. The van der Waals surface area contributed by atoms with Crippen molar-refractivity contribution in [3.05, 3.63) is 125 Å². The Kier molecular flexibility index (Phi) is 8.10. The molecule has 204 valence electrons. The third-order valence-corrected chi connectivity index (χ3v) is 7.23. The number of aromatic nitrogens is 2. The number of amides is 1. The van der Waals surface area contributed by atoms with E-state index < -0.39 is 17.7 Å². The van der Waals surface area contributed by atoms with Crippen molar-refractivity contribution in [2.75, 3.05) is 6.54 Å².